The number of rotatable bonds is 9. The van der Waals surface area contributed by atoms with Gasteiger partial charge in [-0.25, -0.2) is 0 Å². The smallest absolute Gasteiger partial charge is 0.250 e. The van der Waals surface area contributed by atoms with Gasteiger partial charge in [0.25, 0.3) is 8.32 Å². The number of hydrogen-bond donors (Lipinski definition) is 0. The van der Waals surface area contributed by atoms with Gasteiger partial charge in [0.15, 0.2) is 11.5 Å². The van der Waals surface area contributed by atoms with Crippen LogP contribution in [0.25, 0.3) is 6.08 Å². The van der Waals surface area contributed by atoms with Crippen LogP contribution in [0.3, 0.4) is 0 Å². The van der Waals surface area contributed by atoms with Gasteiger partial charge in [-0.15, -0.1) is 0 Å². The predicted octanol–water partition coefficient (Wildman–Crippen LogP) is 8.07. The molecule has 0 saturated carbocycles. The molecule has 0 aromatic heterocycles. The van der Waals surface area contributed by atoms with E-state index in [0.717, 1.165) is 50.6 Å². The number of carbonyl (C=O) groups is 1. The molecule has 0 spiro atoms. The zero-order valence-corrected chi connectivity index (χ0v) is 32.2. The summed E-state index contributed by atoms with van der Waals surface area (Å²) in [6, 6.07) is 11.3. The molecule has 1 amide bonds. The number of aryl methyl sites for hydroxylation is 1. The highest BCUT2D eigenvalue weighted by atomic mass is 28.4. The second-order valence-electron chi connectivity index (χ2n) is 15.2. The van der Waals surface area contributed by atoms with Crippen molar-refractivity contribution in [3.05, 3.63) is 86.6 Å². The summed E-state index contributed by atoms with van der Waals surface area (Å²) in [6.07, 6.45) is 2.80. The minimum Gasteiger partial charge on any atom is -0.543 e. The van der Waals surface area contributed by atoms with Gasteiger partial charge in [-0.3, -0.25) is 9.69 Å². The van der Waals surface area contributed by atoms with Crippen LogP contribution in [-0.4, -0.2) is 65.1 Å². The molecule has 0 N–H and O–H groups in total. The van der Waals surface area contributed by atoms with Gasteiger partial charge in [-0.1, -0.05) is 57.2 Å². The van der Waals surface area contributed by atoms with E-state index in [9.17, 15) is 4.79 Å². The Kier molecular flexibility index (Phi) is 9.18. The van der Waals surface area contributed by atoms with Crippen LogP contribution in [0.2, 0.25) is 18.1 Å². The van der Waals surface area contributed by atoms with Crippen molar-refractivity contribution in [3.63, 3.8) is 0 Å². The zero-order valence-electron chi connectivity index (χ0n) is 31.2. The quantitative estimate of drug-likeness (QED) is 0.211. The lowest BCUT2D eigenvalue weighted by molar-refractivity contribution is -0.145. The Labute approximate surface area is 293 Å². The van der Waals surface area contributed by atoms with E-state index in [1.54, 1.807) is 21.3 Å². The fourth-order valence-corrected chi connectivity index (χ4v) is 8.86. The molecule has 3 atom stereocenters. The monoisotopic (exact) mass is 684 g/mol. The van der Waals surface area contributed by atoms with E-state index in [1.807, 2.05) is 30.0 Å². The number of likely N-dealkylation sites (N-methyl/N-ethyl adjacent to an activating group) is 1. The van der Waals surface area contributed by atoms with Crippen molar-refractivity contribution in [2.45, 2.75) is 90.8 Å². The first-order valence-electron chi connectivity index (χ1n) is 17.2. The third-order valence-electron chi connectivity index (χ3n) is 11.3. The van der Waals surface area contributed by atoms with Crippen LogP contribution < -0.4 is 18.6 Å². The summed E-state index contributed by atoms with van der Waals surface area (Å²) in [5, 5.41) is -0.0480. The number of amides is 1. The largest absolute Gasteiger partial charge is 0.543 e. The van der Waals surface area contributed by atoms with E-state index < -0.39 is 14.4 Å². The standard InChI is InChI=1S/C40H52N2O6Si/c1-23-18-27-19-30-39(43)42-29(34(41(30)7)32(27)24(2)35(23)44-8)20-28-33(31(42)22-47-21-26-16-14-13-15-17-26)38(46-10)37(45-9)25(3)36(28)48-49(11,12)40(4,5)6/h13-18,20,30-31,34H,19,21-22H2,1-12H3/t30-,31+,34+/m1/s1. The van der Waals surface area contributed by atoms with Crippen LogP contribution in [0, 0.1) is 20.8 Å². The number of nitrogens with zero attached hydrogens (tertiary/aromatic N) is 2. The number of benzene rings is 3. The Balaban J connectivity index is 1.63. The second kappa shape index (κ2) is 12.8. The number of carbonyl (C=O) groups excluding carboxylic acids is 1. The fourth-order valence-electron chi connectivity index (χ4n) is 7.78. The van der Waals surface area contributed by atoms with Crippen molar-refractivity contribution >= 4 is 20.3 Å². The van der Waals surface area contributed by atoms with Gasteiger partial charge in [0.1, 0.15) is 11.5 Å². The molecule has 2 bridgehead atoms. The predicted molar refractivity (Wildman–Crippen MR) is 196 cm³/mol. The number of ether oxygens (including phenoxy) is 4. The summed E-state index contributed by atoms with van der Waals surface area (Å²) in [4.78, 5) is 19.1. The van der Waals surface area contributed by atoms with Crippen LogP contribution in [0.1, 0.15) is 77.4 Å². The SMILES string of the molecule is COc1c(C)cc2c(c1C)[C@@H]1C3=Cc4c(O[Si](C)(C)C(C)(C)C)c(C)c(OC)c(OC)c4[C@H](COCc4ccccc4)N3C(=O)[C@@H](C2)N1C. The molecule has 0 aliphatic carbocycles. The van der Waals surface area contributed by atoms with Crippen LogP contribution in [0.4, 0.5) is 0 Å². The highest BCUT2D eigenvalue weighted by Crippen LogP contribution is 2.57. The summed E-state index contributed by atoms with van der Waals surface area (Å²) in [6.45, 7) is 18.2. The Morgan fingerprint density at radius 2 is 1.53 bits per heavy atom. The molecule has 3 aromatic carbocycles. The van der Waals surface area contributed by atoms with Gasteiger partial charge in [-0.05, 0) is 86.3 Å². The number of fused-ring (bicyclic) bond motifs is 7. The molecule has 0 radical (unpaired) electrons. The Morgan fingerprint density at radius 1 is 0.878 bits per heavy atom. The van der Waals surface area contributed by atoms with Crippen LogP contribution >= 0.6 is 0 Å². The van der Waals surface area contributed by atoms with Crippen LogP contribution in [0.15, 0.2) is 42.1 Å². The molecule has 3 aliphatic heterocycles. The van der Waals surface area contributed by atoms with Crippen molar-refractivity contribution in [3.8, 4) is 23.0 Å². The van der Waals surface area contributed by atoms with Gasteiger partial charge in [0.2, 0.25) is 5.91 Å². The molecule has 0 unspecified atom stereocenters. The Bertz CT molecular complexity index is 1810. The third kappa shape index (κ3) is 5.64. The number of hydrogen-bond acceptors (Lipinski definition) is 7. The molecule has 3 heterocycles. The van der Waals surface area contributed by atoms with E-state index in [1.165, 1.54) is 11.1 Å². The summed E-state index contributed by atoms with van der Waals surface area (Å²) in [5.74, 6) is 2.94. The summed E-state index contributed by atoms with van der Waals surface area (Å²) in [7, 11) is 4.80. The molecule has 3 aliphatic rings. The van der Waals surface area contributed by atoms with E-state index in [4.69, 9.17) is 23.4 Å². The summed E-state index contributed by atoms with van der Waals surface area (Å²) < 4.78 is 31.9. The first kappa shape index (κ1) is 35.0. The van der Waals surface area contributed by atoms with Crippen molar-refractivity contribution in [1.82, 2.24) is 9.80 Å². The van der Waals surface area contributed by atoms with Crippen molar-refractivity contribution in [2.75, 3.05) is 35.0 Å². The van der Waals surface area contributed by atoms with E-state index in [0.29, 0.717) is 24.5 Å². The lowest BCUT2D eigenvalue weighted by Crippen LogP contribution is -2.60. The lowest BCUT2D eigenvalue weighted by Gasteiger charge is -2.54. The molecule has 9 heteroatoms. The highest BCUT2D eigenvalue weighted by molar-refractivity contribution is 6.74. The molecule has 6 rings (SSSR count). The average Bonchev–Trinajstić information content (AvgIpc) is 3.04. The summed E-state index contributed by atoms with van der Waals surface area (Å²) in [5.41, 5.74) is 9.20. The van der Waals surface area contributed by atoms with E-state index >= 15 is 0 Å². The first-order valence-corrected chi connectivity index (χ1v) is 20.1. The van der Waals surface area contributed by atoms with E-state index in [-0.39, 0.29) is 29.6 Å². The normalized spacial score (nSPS) is 20.2. The third-order valence-corrected chi connectivity index (χ3v) is 15.6. The van der Waals surface area contributed by atoms with Gasteiger partial charge < -0.3 is 28.3 Å². The fraction of sp³-hybridized carbons (Fsp3) is 0.475. The first-order chi connectivity index (χ1) is 23.2. The van der Waals surface area contributed by atoms with Crippen LogP contribution in [0.5, 0.6) is 23.0 Å². The topological polar surface area (TPSA) is 69.7 Å². The maximum Gasteiger partial charge on any atom is 0.250 e. The van der Waals surface area contributed by atoms with Gasteiger partial charge >= 0.3 is 0 Å². The molecule has 8 nitrogen and oxygen atoms in total. The van der Waals surface area contributed by atoms with Gasteiger partial charge in [0, 0.05) is 22.4 Å². The Hall–Kier alpha value is -3.79. The van der Waals surface area contributed by atoms with Gasteiger partial charge in [-0.2, -0.15) is 0 Å². The minimum atomic E-state index is -2.34. The van der Waals surface area contributed by atoms with Crippen molar-refractivity contribution in [1.29, 1.82) is 0 Å². The maximum atomic E-state index is 14.9. The minimum absolute atomic E-state index is 0.0480. The molecule has 1 fully saturated rings. The molecular formula is C40H52N2O6Si. The Morgan fingerprint density at radius 3 is 2.14 bits per heavy atom. The summed E-state index contributed by atoms with van der Waals surface area (Å²) >= 11 is 0. The van der Waals surface area contributed by atoms with E-state index in [2.05, 4.69) is 83.9 Å². The molecular weight excluding hydrogens is 633 g/mol. The molecule has 3 aromatic rings. The number of methoxy groups -OCH3 is 3. The van der Waals surface area contributed by atoms with Crippen molar-refractivity contribution < 1.29 is 28.2 Å². The molecule has 1 saturated heterocycles. The van der Waals surface area contributed by atoms with Gasteiger partial charge in [0.05, 0.1) is 52.7 Å². The molecule has 262 valence electrons. The second-order valence-corrected chi connectivity index (χ2v) is 19.9. The molecule has 49 heavy (non-hydrogen) atoms. The van der Waals surface area contributed by atoms with Crippen LogP contribution in [-0.2, 0) is 22.6 Å². The van der Waals surface area contributed by atoms with Crippen molar-refractivity contribution in [2.24, 2.45) is 0 Å². The maximum absolute atomic E-state index is 14.9. The average molecular weight is 685 g/mol. The lowest BCUT2D eigenvalue weighted by atomic mass is 9.77. The highest BCUT2D eigenvalue weighted by Gasteiger charge is 2.53. The zero-order chi connectivity index (χ0) is 35.6. The number of piperazine rings is 1.